The lowest BCUT2D eigenvalue weighted by atomic mass is 9.72. The van der Waals surface area contributed by atoms with Gasteiger partial charge in [-0.05, 0) is 37.5 Å². The van der Waals surface area contributed by atoms with Crippen LogP contribution in [-0.4, -0.2) is 36.0 Å². The van der Waals surface area contributed by atoms with Gasteiger partial charge in [0.1, 0.15) is 0 Å². The predicted octanol–water partition coefficient (Wildman–Crippen LogP) is 2.45. The molecule has 1 aliphatic carbocycles. The van der Waals surface area contributed by atoms with Crippen molar-refractivity contribution in [3.63, 3.8) is 0 Å². The normalized spacial score (nSPS) is 22.8. The average molecular weight is 253 g/mol. The third-order valence-corrected chi connectivity index (χ3v) is 3.58. The highest BCUT2D eigenvalue weighted by atomic mass is 16.4. The van der Waals surface area contributed by atoms with Gasteiger partial charge in [0.25, 0.3) is 0 Å². The van der Waals surface area contributed by atoms with E-state index < -0.39 is 5.97 Å². The summed E-state index contributed by atoms with van der Waals surface area (Å²) < 4.78 is 0. The maximum Gasteiger partial charge on any atom is 0.303 e. The highest BCUT2D eigenvalue weighted by Crippen LogP contribution is 2.39. The van der Waals surface area contributed by atoms with E-state index in [1.54, 1.807) is 19.0 Å². The van der Waals surface area contributed by atoms with E-state index in [0.29, 0.717) is 12.8 Å². The first kappa shape index (κ1) is 14.7. The van der Waals surface area contributed by atoms with E-state index in [4.69, 9.17) is 5.11 Å². The molecule has 102 valence electrons. The van der Waals surface area contributed by atoms with Crippen molar-refractivity contribution in [1.29, 1.82) is 0 Å². The zero-order valence-corrected chi connectivity index (χ0v) is 11.3. The molecule has 0 radical (unpaired) electrons. The number of aliphatic carboxylic acids is 1. The molecule has 0 saturated heterocycles. The summed E-state index contributed by atoms with van der Waals surface area (Å²) in [6.07, 6.45) is 9.52. The third kappa shape index (κ3) is 4.51. The Morgan fingerprint density at radius 1 is 1.39 bits per heavy atom. The van der Waals surface area contributed by atoms with E-state index in [2.05, 4.69) is 12.2 Å². The molecule has 0 aromatic heterocycles. The monoisotopic (exact) mass is 253 g/mol. The maximum absolute atomic E-state index is 11.9. The summed E-state index contributed by atoms with van der Waals surface area (Å²) in [7, 11) is 3.53. The van der Waals surface area contributed by atoms with Crippen LogP contribution in [0.25, 0.3) is 0 Å². The van der Waals surface area contributed by atoms with Gasteiger partial charge in [0, 0.05) is 26.9 Å². The number of carboxylic acids is 1. The molecule has 0 bridgehead atoms. The first-order valence-corrected chi connectivity index (χ1v) is 6.55. The molecule has 1 amide bonds. The molecule has 1 aliphatic rings. The van der Waals surface area contributed by atoms with E-state index >= 15 is 0 Å². The second kappa shape index (κ2) is 6.57. The smallest absolute Gasteiger partial charge is 0.303 e. The number of allylic oxidation sites excluding steroid dienone is 2. The molecule has 0 saturated carbocycles. The summed E-state index contributed by atoms with van der Waals surface area (Å²) in [6.45, 7) is 0. The van der Waals surface area contributed by atoms with Crippen LogP contribution in [-0.2, 0) is 9.59 Å². The fourth-order valence-electron chi connectivity index (χ4n) is 2.48. The standard InChI is InChI=1S/C14H23NO3/c1-15(2)12(16)11-14(8-4-3-5-9-14)10-6-7-13(17)18/h4,8H,3,5-7,9-11H2,1-2H3,(H,17,18). The van der Waals surface area contributed by atoms with Crippen molar-refractivity contribution in [1.82, 2.24) is 4.90 Å². The number of hydrogen-bond acceptors (Lipinski definition) is 2. The number of carboxylic acid groups (broad SMARTS) is 1. The molecular weight excluding hydrogens is 230 g/mol. The summed E-state index contributed by atoms with van der Waals surface area (Å²) in [6, 6.07) is 0. The Kier molecular flexibility index (Phi) is 5.38. The Morgan fingerprint density at radius 2 is 2.11 bits per heavy atom. The van der Waals surface area contributed by atoms with Gasteiger partial charge in [0.05, 0.1) is 0 Å². The fraction of sp³-hybridized carbons (Fsp3) is 0.714. The van der Waals surface area contributed by atoms with Crippen LogP contribution >= 0.6 is 0 Å². The second-order valence-corrected chi connectivity index (χ2v) is 5.37. The molecule has 18 heavy (non-hydrogen) atoms. The highest BCUT2D eigenvalue weighted by molar-refractivity contribution is 5.76. The van der Waals surface area contributed by atoms with Crippen molar-refractivity contribution < 1.29 is 14.7 Å². The summed E-state index contributed by atoms with van der Waals surface area (Å²) in [4.78, 5) is 24.1. The SMILES string of the molecule is CN(C)C(=O)CC1(CCCC(=O)O)C=CCCC1. The van der Waals surface area contributed by atoms with Crippen LogP contribution in [0.3, 0.4) is 0 Å². The maximum atomic E-state index is 11.9. The van der Waals surface area contributed by atoms with Crippen molar-refractivity contribution in [2.24, 2.45) is 5.41 Å². The van der Waals surface area contributed by atoms with Gasteiger partial charge in [0.2, 0.25) is 5.91 Å². The van der Waals surface area contributed by atoms with Crippen LogP contribution in [0.5, 0.6) is 0 Å². The summed E-state index contributed by atoms with van der Waals surface area (Å²) >= 11 is 0. The zero-order chi connectivity index (χ0) is 13.6. The fourth-order valence-corrected chi connectivity index (χ4v) is 2.48. The van der Waals surface area contributed by atoms with Crippen molar-refractivity contribution in [3.05, 3.63) is 12.2 Å². The highest BCUT2D eigenvalue weighted by Gasteiger charge is 2.31. The van der Waals surface area contributed by atoms with Gasteiger partial charge in [0.15, 0.2) is 0 Å². The van der Waals surface area contributed by atoms with Gasteiger partial charge in [-0.1, -0.05) is 12.2 Å². The quantitative estimate of drug-likeness (QED) is 0.740. The van der Waals surface area contributed by atoms with E-state index in [1.165, 1.54) is 0 Å². The van der Waals surface area contributed by atoms with Gasteiger partial charge < -0.3 is 10.0 Å². The molecule has 0 fully saturated rings. The van der Waals surface area contributed by atoms with Gasteiger partial charge >= 0.3 is 5.97 Å². The zero-order valence-electron chi connectivity index (χ0n) is 11.3. The minimum absolute atomic E-state index is 0.116. The molecule has 0 spiro atoms. The number of hydrogen-bond donors (Lipinski definition) is 1. The molecule has 0 aromatic rings. The lowest BCUT2D eigenvalue weighted by Gasteiger charge is -2.33. The molecule has 0 aromatic carbocycles. The first-order chi connectivity index (χ1) is 8.45. The van der Waals surface area contributed by atoms with Crippen molar-refractivity contribution in [2.45, 2.75) is 44.9 Å². The molecule has 0 aliphatic heterocycles. The summed E-state index contributed by atoms with van der Waals surface area (Å²) in [5.41, 5.74) is -0.116. The lowest BCUT2D eigenvalue weighted by molar-refractivity contribution is -0.137. The Morgan fingerprint density at radius 3 is 2.61 bits per heavy atom. The van der Waals surface area contributed by atoms with Crippen LogP contribution < -0.4 is 0 Å². The summed E-state index contributed by atoms with van der Waals surface area (Å²) in [5.74, 6) is -0.638. The van der Waals surface area contributed by atoms with Gasteiger partial charge in [-0.3, -0.25) is 9.59 Å². The number of carbonyl (C=O) groups excluding carboxylic acids is 1. The molecule has 0 heterocycles. The Bertz CT molecular complexity index is 336. The Balaban J connectivity index is 2.63. The Labute approximate surface area is 109 Å². The van der Waals surface area contributed by atoms with Gasteiger partial charge in [-0.15, -0.1) is 0 Å². The van der Waals surface area contributed by atoms with E-state index in [0.717, 1.165) is 25.7 Å². The molecule has 1 N–H and O–H groups in total. The van der Waals surface area contributed by atoms with E-state index in [1.807, 2.05) is 0 Å². The summed E-state index contributed by atoms with van der Waals surface area (Å²) in [5, 5.41) is 8.70. The van der Waals surface area contributed by atoms with Crippen LogP contribution in [0.1, 0.15) is 44.9 Å². The van der Waals surface area contributed by atoms with Crippen LogP contribution in [0.15, 0.2) is 12.2 Å². The molecule has 4 heteroatoms. The van der Waals surface area contributed by atoms with Crippen molar-refractivity contribution in [3.8, 4) is 0 Å². The molecule has 1 rings (SSSR count). The largest absolute Gasteiger partial charge is 0.481 e. The minimum atomic E-state index is -0.760. The van der Waals surface area contributed by atoms with E-state index in [9.17, 15) is 9.59 Å². The van der Waals surface area contributed by atoms with Crippen LogP contribution in [0.2, 0.25) is 0 Å². The topological polar surface area (TPSA) is 57.6 Å². The van der Waals surface area contributed by atoms with Crippen LogP contribution in [0.4, 0.5) is 0 Å². The molecule has 4 nitrogen and oxygen atoms in total. The second-order valence-electron chi connectivity index (χ2n) is 5.37. The van der Waals surface area contributed by atoms with Crippen LogP contribution in [0, 0.1) is 5.41 Å². The molecular formula is C14H23NO3. The molecule has 1 unspecified atom stereocenters. The van der Waals surface area contributed by atoms with Crippen molar-refractivity contribution in [2.75, 3.05) is 14.1 Å². The predicted molar refractivity (Wildman–Crippen MR) is 70.2 cm³/mol. The van der Waals surface area contributed by atoms with Gasteiger partial charge in [-0.25, -0.2) is 0 Å². The molecule has 1 atom stereocenters. The number of carbonyl (C=O) groups is 2. The van der Waals surface area contributed by atoms with E-state index in [-0.39, 0.29) is 17.7 Å². The first-order valence-electron chi connectivity index (χ1n) is 6.55. The average Bonchev–Trinajstić information content (AvgIpc) is 2.29. The third-order valence-electron chi connectivity index (χ3n) is 3.58. The number of rotatable bonds is 6. The Hall–Kier alpha value is -1.32. The lowest BCUT2D eigenvalue weighted by Crippen LogP contribution is -2.31. The number of amides is 1. The van der Waals surface area contributed by atoms with Crippen molar-refractivity contribution >= 4 is 11.9 Å². The minimum Gasteiger partial charge on any atom is -0.481 e. The number of nitrogens with zero attached hydrogens (tertiary/aromatic N) is 1. The van der Waals surface area contributed by atoms with Gasteiger partial charge in [-0.2, -0.15) is 0 Å².